The summed E-state index contributed by atoms with van der Waals surface area (Å²) in [6, 6.07) is -0.802. The molecule has 1 rings (SSSR count). The highest BCUT2D eigenvalue weighted by atomic mass is 16.7. The Balaban J connectivity index is 2.12. The summed E-state index contributed by atoms with van der Waals surface area (Å²) < 4.78 is 11.3. The van der Waals surface area contributed by atoms with Crippen molar-refractivity contribution < 1.29 is 39.8 Å². The summed E-state index contributed by atoms with van der Waals surface area (Å²) in [4.78, 5) is 13.1. The van der Waals surface area contributed by atoms with Crippen LogP contribution in [0.3, 0.4) is 0 Å². The van der Waals surface area contributed by atoms with E-state index in [1.54, 1.807) is 6.08 Å². The van der Waals surface area contributed by atoms with Crippen molar-refractivity contribution in [1.82, 2.24) is 5.32 Å². The van der Waals surface area contributed by atoms with Gasteiger partial charge in [-0.15, -0.1) is 0 Å². The lowest BCUT2D eigenvalue weighted by molar-refractivity contribution is -0.302. The van der Waals surface area contributed by atoms with E-state index in [0.29, 0.717) is 6.42 Å². The van der Waals surface area contributed by atoms with E-state index in [2.05, 4.69) is 31.3 Å². The van der Waals surface area contributed by atoms with E-state index < -0.39 is 49.5 Å². The van der Waals surface area contributed by atoms with Crippen molar-refractivity contribution in [2.75, 3.05) is 13.2 Å². The Morgan fingerprint density at radius 1 is 0.465 bits per heavy atom. The third kappa shape index (κ3) is 41.6. The molecule has 0 saturated carbocycles. The maximum atomic E-state index is 13.1. The van der Waals surface area contributed by atoms with E-state index in [1.807, 2.05) is 6.08 Å². The highest BCUT2D eigenvalue weighted by Gasteiger charge is 2.44. The fourth-order valence-electron chi connectivity index (χ4n) is 10.1. The second-order valence-corrected chi connectivity index (χ2v) is 21.9. The normalized spacial score (nSPS) is 19.3. The molecule has 6 N–H and O–H groups in total. The summed E-state index contributed by atoms with van der Waals surface area (Å²) in [5, 5.41) is 54.5. The Morgan fingerprint density at radius 3 is 1.14 bits per heavy atom. The van der Waals surface area contributed by atoms with Gasteiger partial charge in [-0.1, -0.05) is 282 Å². The molecule has 0 bridgehead atoms. The molecule has 0 aliphatic carbocycles. The fraction of sp³-hybridized carbons (Fsp3) is 0.919. The standard InChI is InChI=1S/C62H119NO8/c1-3-5-7-9-11-13-15-17-19-21-22-23-24-25-26-27-28-29-30-31-32-33-34-35-36-38-40-42-44-46-48-50-52-58(66)63-55(54-70-62-61(69)60(68)59(67)57(53-64)71-62)56(65)51-49-47-45-43-41-39-37-20-18-16-14-12-10-8-6-4-2/h25-26,49,51,55-57,59-62,64-65,67-69H,3-24,27-48,50,52-54H2,1-2H3,(H,63,66)/b26-25-,51-49+. The van der Waals surface area contributed by atoms with Gasteiger partial charge in [-0.2, -0.15) is 0 Å². The minimum atomic E-state index is -1.56. The quantitative estimate of drug-likeness (QED) is 0.0261. The van der Waals surface area contributed by atoms with E-state index >= 15 is 0 Å². The molecule has 1 heterocycles. The summed E-state index contributed by atoms with van der Waals surface area (Å²) in [6.07, 6.45) is 59.8. The average Bonchev–Trinajstić information content (AvgIpc) is 3.37. The van der Waals surface area contributed by atoms with Gasteiger partial charge in [0.05, 0.1) is 25.4 Å². The first kappa shape index (κ1) is 67.7. The molecule has 420 valence electrons. The van der Waals surface area contributed by atoms with Crippen LogP contribution in [0.4, 0.5) is 0 Å². The van der Waals surface area contributed by atoms with Crippen LogP contribution in [0.25, 0.3) is 0 Å². The zero-order valence-corrected chi connectivity index (χ0v) is 46.8. The van der Waals surface area contributed by atoms with Gasteiger partial charge in [-0.3, -0.25) is 4.79 Å². The molecule has 71 heavy (non-hydrogen) atoms. The van der Waals surface area contributed by atoms with Crippen molar-refractivity contribution in [2.24, 2.45) is 0 Å². The number of aliphatic hydroxyl groups excluding tert-OH is 5. The zero-order chi connectivity index (χ0) is 51.5. The molecule has 0 aromatic rings. The van der Waals surface area contributed by atoms with Crippen molar-refractivity contribution in [3.63, 3.8) is 0 Å². The lowest BCUT2D eigenvalue weighted by Crippen LogP contribution is -2.60. The van der Waals surface area contributed by atoms with Gasteiger partial charge in [0.15, 0.2) is 6.29 Å². The van der Waals surface area contributed by atoms with Crippen molar-refractivity contribution >= 4 is 5.91 Å². The Kier molecular flexibility index (Phi) is 49.7. The van der Waals surface area contributed by atoms with E-state index in [4.69, 9.17) is 9.47 Å². The van der Waals surface area contributed by atoms with Gasteiger partial charge in [0, 0.05) is 6.42 Å². The summed E-state index contributed by atoms with van der Waals surface area (Å²) in [5.74, 6) is -0.171. The van der Waals surface area contributed by atoms with Gasteiger partial charge in [0.1, 0.15) is 24.4 Å². The molecule has 0 radical (unpaired) electrons. The predicted octanol–water partition coefficient (Wildman–Crippen LogP) is 15.7. The Bertz CT molecular complexity index is 1170. The molecular formula is C62H119NO8. The lowest BCUT2D eigenvalue weighted by Gasteiger charge is -2.40. The summed E-state index contributed by atoms with van der Waals surface area (Å²) in [7, 11) is 0. The van der Waals surface area contributed by atoms with E-state index in [9.17, 15) is 30.3 Å². The third-order valence-corrected chi connectivity index (χ3v) is 15.0. The third-order valence-electron chi connectivity index (χ3n) is 15.0. The lowest BCUT2D eigenvalue weighted by atomic mass is 9.99. The largest absolute Gasteiger partial charge is 0.394 e. The minimum absolute atomic E-state index is 0.171. The zero-order valence-electron chi connectivity index (χ0n) is 46.8. The van der Waals surface area contributed by atoms with Crippen LogP contribution < -0.4 is 5.32 Å². The van der Waals surface area contributed by atoms with Crippen LogP contribution in [0.2, 0.25) is 0 Å². The highest BCUT2D eigenvalue weighted by molar-refractivity contribution is 5.76. The molecule has 9 heteroatoms. The van der Waals surface area contributed by atoms with Gasteiger partial charge in [0.25, 0.3) is 0 Å². The van der Waals surface area contributed by atoms with Gasteiger partial charge < -0.3 is 40.3 Å². The first-order valence-corrected chi connectivity index (χ1v) is 31.1. The summed E-state index contributed by atoms with van der Waals surface area (Å²) in [5.41, 5.74) is 0. The number of hydrogen-bond acceptors (Lipinski definition) is 8. The number of aliphatic hydroxyl groups is 5. The molecular weight excluding hydrogens is 887 g/mol. The number of allylic oxidation sites excluding steroid dienone is 3. The molecule has 7 unspecified atom stereocenters. The molecule has 1 amide bonds. The number of nitrogens with one attached hydrogen (secondary N) is 1. The maximum Gasteiger partial charge on any atom is 0.220 e. The van der Waals surface area contributed by atoms with Crippen LogP contribution in [0.1, 0.15) is 309 Å². The number of carbonyl (C=O) groups excluding carboxylic acids is 1. The molecule has 1 fully saturated rings. The van der Waals surface area contributed by atoms with Gasteiger partial charge in [0.2, 0.25) is 5.91 Å². The Morgan fingerprint density at radius 2 is 0.789 bits per heavy atom. The highest BCUT2D eigenvalue weighted by Crippen LogP contribution is 2.23. The molecule has 0 aromatic heterocycles. The number of amides is 1. The van der Waals surface area contributed by atoms with Gasteiger partial charge in [-0.25, -0.2) is 0 Å². The van der Waals surface area contributed by atoms with Gasteiger partial charge in [-0.05, 0) is 44.9 Å². The first-order valence-electron chi connectivity index (χ1n) is 31.1. The van der Waals surface area contributed by atoms with Crippen molar-refractivity contribution in [3.8, 4) is 0 Å². The molecule has 1 aliphatic rings. The smallest absolute Gasteiger partial charge is 0.220 e. The van der Waals surface area contributed by atoms with Crippen molar-refractivity contribution in [1.29, 1.82) is 0 Å². The number of unbranched alkanes of at least 4 members (excludes halogenated alkanes) is 42. The van der Waals surface area contributed by atoms with E-state index in [1.165, 1.54) is 250 Å². The molecule has 1 saturated heterocycles. The average molecular weight is 1010 g/mol. The SMILES string of the molecule is CCCCCCCCCCCCCC/C=C\CCCCCCCCCCCCCCCCCCC(=O)NC(COC1OC(CO)C(O)C(O)C1O)C(O)/C=C/CCCCCCCCCCCCCCCC. The van der Waals surface area contributed by atoms with Crippen LogP contribution in [0, 0.1) is 0 Å². The fourth-order valence-corrected chi connectivity index (χ4v) is 10.1. The minimum Gasteiger partial charge on any atom is -0.394 e. The second kappa shape index (κ2) is 52.1. The summed E-state index contributed by atoms with van der Waals surface area (Å²) >= 11 is 0. The van der Waals surface area contributed by atoms with Crippen LogP contribution in [-0.2, 0) is 14.3 Å². The molecule has 1 aliphatic heterocycles. The first-order chi connectivity index (χ1) is 34.8. The van der Waals surface area contributed by atoms with Crippen LogP contribution in [0.5, 0.6) is 0 Å². The Hall–Kier alpha value is -1.33. The molecule has 0 spiro atoms. The number of hydrogen-bond donors (Lipinski definition) is 6. The van der Waals surface area contributed by atoms with Crippen LogP contribution >= 0.6 is 0 Å². The van der Waals surface area contributed by atoms with Crippen molar-refractivity contribution in [2.45, 2.75) is 352 Å². The van der Waals surface area contributed by atoms with Crippen LogP contribution in [-0.4, -0.2) is 87.5 Å². The molecule has 7 atom stereocenters. The topological polar surface area (TPSA) is 149 Å². The monoisotopic (exact) mass is 1010 g/mol. The van der Waals surface area contributed by atoms with Crippen molar-refractivity contribution in [3.05, 3.63) is 24.3 Å². The number of carbonyl (C=O) groups is 1. The number of ether oxygens (including phenoxy) is 2. The second-order valence-electron chi connectivity index (χ2n) is 21.9. The maximum absolute atomic E-state index is 13.1. The van der Waals surface area contributed by atoms with Crippen LogP contribution in [0.15, 0.2) is 24.3 Å². The molecule has 0 aromatic carbocycles. The predicted molar refractivity (Wildman–Crippen MR) is 300 cm³/mol. The Labute approximate surface area is 439 Å². The molecule has 9 nitrogen and oxygen atoms in total. The number of rotatable bonds is 54. The summed E-state index contributed by atoms with van der Waals surface area (Å²) in [6.45, 7) is 3.82. The van der Waals surface area contributed by atoms with Gasteiger partial charge >= 0.3 is 0 Å². The van der Waals surface area contributed by atoms with E-state index in [0.717, 1.165) is 38.5 Å². The van der Waals surface area contributed by atoms with E-state index in [-0.39, 0.29) is 12.5 Å².